The van der Waals surface area contributed by atoms with Gasteiger partial charge in [-0.15, -0.1) is 11.3 Å². The van der Waals surface area contributed by atoms with Gasteiger partial charge in [0.15, 0.2) is 0 Å². The summed E-state index contributed by atoms with van der Waals surface area (Å²) in [4.78, 5) is 10.6. The smallest absolute Gasteiger partial charge is 0.336 e. The number of aliphatic hydroxyl groups is 1. The van der Waals surface area contributed by atoms with Crippen molar-refractivity contribution >= 4 is 27.3 Å². The molecule has 0 saturated carbocycles. The molecular formula is C8H11NO5S2. The summed E-state index contributed by atoms with van der Waals surface area (Å²) < 4.78 is 25.4. The number of carbonyl (C=O) groups is 1. The zero-order valence-corrected chi connectivity index (χ0v) is 10.0. The third kappa shape index (κ3) is 3.01. The molecule has 8 heteroatoms. The largest absolute Gasteiger partial charge is 0.478 e. The number of thiophene rings is 1. The van der Waals surface area contributed by atoms with Crippen molar-refractivity contribution in [3.63, 3.8) is 0 Å². The first-order valence-corrected chi connectivity index (χ1v) is 6.68. The molecular weight excluding hydrogens is 254 g/mol. The normalized spacial score (nSPS) is 13.6. The molecule has 1 atom stereocenters. The molecule has 16 heavy (non-hydrogen) atoms. The lowest BCUT2D eigenvalue weighted by Gasteiger charge is -2.09. The molecule has 1 aromatic rings. The number of aliphatic hydroxyl groups excluding tert-OH is 1. The molecule has 0 unspecified atom stereocenters. The fourth-order valence-corrected chi connectivity index (χ4v) is 3.33. The van der Waals surface area contributed by atoms with Gasteiger partial charge in [-0.05, 0) is 13.0 Å². The number of carboxylic acid groups (broad SMARTS) is 1. The second-order valence-corrected chi connectivity index (χ2v) is 6.02. The van der Waals surface area contributed by atoms with Crippen molar-refractivity contribution in [3.05, 3.63) is 17.0 Å². The minimum absolute atomic E-state index is 0.0676. The van der Waals surface area contributed by atoms with Gasteiger partial charge < -0.3 is 10.2 Å². The van der Waals surface area contributed by atoms with Crippen LogP contribution in [-0.2, 0) is 10.0 Å². The summed E-state index contributed by atoms with van der Waals surface area (Å²) in [5.74, 6) is -1.17. The number of carboxylic acids is 1. The molecule has 90 valence electrons. The van der Waals surface area contributed by atoms with Gasteiger partial charge in [-0.2, -0.15) is 0 Å². The lowest BCUT2D eigenvalue weighted by molar-refractivity contribution is 0.0697. The Morgan fingerprint density at radius 3 is 2.69 bits per heavy atom. The van der Waals surface area contributed by atoms with Crippen molar-refractivity contribution in [1.29, 1.82) is 0 Å². The van der Waals surface area contributed by atoms with Gasteiger partial charge in [0.05, 0.1) is 12.2 Å². The Morgan fingerprint density at radius 1 is 1.62 bits per heavy atom. The molecule has 1 aromatic heterocycles. The highest BCUT2D eigenvalue weighted by Gasteiger charge is 2.20. The first-order valence-electron chi connectivity index (χ1n) is 4.32. The number of hydrogen-bond donors (Lipinski definition) is 3. The molecule has 3 N–H and O–H groups in total. The fourth-order valence-electron chi connectivity index (χ4n) is 0.930. The van der Waals surface area contributed by atoms with Crippen LogP contribution in [0, 0.1) is 0 Å². The van der Waals surface area contributed by atoms with Gasteiger partial charge in [0.1, 0.15) is 4.21 Å². The molecule has 0 amide bonds. The minimum Gasteiger partial charge on any atom is -0.478 e. The highest BCUT2D eigenvalue weighted by atomic mass is 32.2. The van der Waals surface area contributed by atoms with Gasteiger partial charge in [-0.25, -0.2) is 17.9 Å². The summed E-state index contributed by atoms with van der Waals surface area (Å²) in [6, 6.07) is 0.472. The minimum atomic E-state index is -3.74. The summed E-state index contributed by atoms with van der Waals surface area (Å²) in [5, 5.41) is 18.6. The SMILES string of the molecule is C[C@H](CO)NS(=O)(=O)c1cc(C(=O)O)cs1. The predicted molar refractivity (Wildman–Crippen MR) is 58.1 cm³/mol. The first-order chi connectivity index (χ1) is 7.36. The summed E-state index contributed by atoms with van der Waals surface area (Å²) in [6.07, 6.45) is 0. The standard InChI is InChI=1S/C8H11NO5S2/c1-5(3-10)9-16(13,14)7-2-6(4-15-7)8(11)12/h2,4-5,9-10H,3H2,1H3,(H,11,12)/t5-/m1/s1. The van der Waals surface area contributed by atoms with Gasteiger partial charge >= 0.3 is 5.97 Å². The quantitative estimate of drug-likeness (QED) is 0.700. The maximum absolute atomic E-state index is 11.6. The molecule has 0 aliphatic rings. The van der Waals surface area contributed by atoms with Gasteiger partial charge in [0.2, 0.25) is 10.0 Å². The Bertz CT molecular complexity index is 478. The molecule has 6 nitrogen and oxygen atoms in total. The van der Waals surface area contributed by atoms with Crippen LogP contribution in [0.3, 0.4) is 0 Å². The Labute approximate surface area is 96.6 Å². The van der Waals surface area contributed by atoms with E-state index in [0.717, 1.165) is 17.4 Å². The third-order valence-electron chi connectivity index (χ3n) is 1.72. The zero-order chi connectivity index (χ0) is 12.3. The number of aromatic carboxylic acids is 1. The van der Waals surface area contributed by atoms with Gasteiger partial charge in [-0.1, -0.05) is 0 Å². The van der Waals surface area contributed by atoms with Crippen molar-refractivity contribution < 1.29 is 23.4 Å². The maximum Gasteiger partial charge on any atom is 0.336 e. The van der Waals surface area contributed by atoms with E-state index in [0.29, 0.717) is 0 Å². The molecule has 0 aromatic carbocycles. The molecule has 1 heterocycles. The van der Waals surface area contributed by atoms with E-state index < -0.39 is 22.0 Å². The Morgan fingerprint density at radius 2 is 2.25 bits per heavy atom. The molecule has 0 spiro atoms. The number of rotatable bonds is 5. The van der Waals surface area contributed by atoms with Crippen LogP contribution < -0.4 is 4.72 Å². The molecule has 0 aliphatic heterocycles. The van der Waals surface area contributed by atoms with Crippen LogP contribution in [0.4, 0.5) is 0 Å². The molecule has 1 rings (SSSR count). The Balaban J connectivity index is 2.94. The van der Waals surface area contributed by atoms with E-state index in [1.54, 1.807) is 0 Å². The summed E-state index contributed by atoms with van der Waals surface area (Å²) in [5.41, 5.74) is -0.0676. The second-order valence-electron chi connectivity index (χ2n) is 3.16. The molecule has 0 bridgehead atoms. The van der Waals surface area contributed by atoms with Crippen LogP contribution >= 0.6 is 11.3 Å². The van der Waals surface area contributed by atoms with Gasteiger partial charge in [-0.3, -0.25) is 0 Å². The van der Waals surface area contributed by atoms with E-state index in [-0.39, 0.29) is 16.4 Å². The van der Waals surface area contributed by atoms with Crippen molar-refractivity contribution in [2.24, 2.45) is 0 Å². The average Bonchev–Trinajstić information content (AvgIpc) is 2.66. The van der Waals surface area contributed by atoms with Crippen LogP contribution in [-0.4, -0.2) is 37.2 Å². The lowest BCUT2D eigenvalue weighted by Crippen LogP contribution is -2.34. The highest BCUT2D eigenvalue weighted by molar-refractivity contribution is 7.91. The third-order valence-corrected chi connectivity index (χ3v) is 4.75. The predicted octanol–water partition coefficient (Wildman–Crippen LogP) is 0.105. The maximum atomic E-state index is 11.6. The fraction of sp³-hybridized carbons (Fsp3) is 0.375. The van der Waals surface area contributed by atoms with Crippen LogP contribution in [0.5, 0.6) is 0 Å². The van der Waals surface area contributed by atoms with Crippen molar-refractivity contribution in [1.82, 2.24) is 4.72 Å². The van der Waals surface area contributed by atoms with E-state index in [4.69, 9.17) is 10.2 Å². The van der Waals surface area contributed by atoms with Crippen molar-refractivity contribution in [2.75, 3.05) is 6.61 Å². The van der Waals surface area contributed by atoms with E-state index >= 15 is 0 Å². The molecule has 0 saturated heterocycles. The second kappa shape index (κ2) is 4.91. The summed E-state index contributed by atoms with van der Waals surface area (Å²) in [7, 11) is -3.74. The van der Waals surface area contributed by atoms with E-state index in [9.17, 15) is 13.2 Å². The lowest BCUT2D eigenvalue weighted by atomic mass is 10.4. The van der Waals surface area contributed by atoms with E-state index in [1.807, 2.05) is 0 Å². The number of hydrogen-bond acceptors (Lipinski definition) is 5. The monoisotopic (exact) mass is 265 g/mol. The van der Waals surface area contributed by atoms with Crippen LogP contribution in [0.2, 0.25) is 0 Å². The van der Waals surface area contributed by atoms with Gasteiger partial charge in [0, 0.05) is 11.4 Å². The zero-order valence-electron chi connectivity index (χ0n) is 8.37. The number of sulfonamides is 1. The average molecular weight is 265 g/mol. The number of nitrogens with one attached hydrogen (secondary N) is 1. The Hall–Kier alpha value is -0.960. The van der Waals surface area contributed by atoms with E-state index in [1.165, 1.54) is 12.3 Å². The summed E-state index contributed by atoms with van der Waals surface area (Å²) in [6.45, 7) is 1.18. The molecule has 0 radical (unpaired) electrons. The Kier molecular flexibility index (Phi) is 4.03. The first kappa shape index (κ1) is 13.1. The van der Waals surface area contributed by atoms with Crippen molar-refractivity contribution in [3.8, 4) is 0 Å². The van der Waals surface area contributed by atoms with E-state index in [2.05, 4.69) is 4.72 Å². The van der Waals surface area contributed by atoms with Crippen LogP contribution in [0.1, 0.15) is 17.3 Å². The topological polar surface area (TPSA) is 104 Å². The van der Waals surface area contributed by atoms with Gasteiger partial charge in [0.25, 0.3) is 0 Å². The summed E-state index contributed by atoms with van der Waals surface area (Å²) >= 11 is 0.824. The van der Waals surface area contributed by atoms with Crippen molar-refractivity contribution in [2.45, 2.75) is 17.2 Å². The van der Waals surface area contributed by atoms with Crippen LogP contribution in [0.25, 0.3) is 0 Å². The highest BCUT2D eigenvalue weighted by Crippen LogP contribution is 2.20. The molecule has 0 aliphatic carbocycles. The van der Waals surface area contributed by atoms with Crippen LogP contribution in [0.15, 0.2) is 15.7 Å². The molecule has 0 fully saturated rings.